The summed E-state index contributed by atoms with van der Waals surface area (Å²) in [7, 11) is 0. The van der Waals surface area contributed by atoms with Gasteiger partial charge in [-0.1, -0.05) is 72.3 Å². The third-order valence-corrected chi connectivity index (χ3v) is 5.82. The molecule has 0 saturated carbocycles. The molecule has 0 atom stereocenters. The fourth-order valence-electron chi connectivity index (χ4n) is 3.81. The minimum Gasteiger partial charge on any atom is -0.423 e. The van der Waals surface area contributed by atoms with Crippen LogP contribution in [0.2, 0.25) is 0 Å². The van der Waals surface area contributed by atoms with E-state index in [4.69, 9.17) is 4.74 Å². The lowest BCUT2D eigenvalue weighted by Gasteiger charge is -2.26. The van der Waals surface area contributed by atoms with Crippen molar-refractivity contribution in [1.29, 1.82) is 0 Å². The molecule has 0 saturated heterocycles. The molecule has 174 valence electrons. The zero-order valence-corrected chi connectivity index (χ0v) is 20.4. The van der Waals surface area contributed by atoms with E-state index < -0.39 is 5.97 Å². The molecule has 35 heavy (non-hydrogen) atoms. The van der Waals surface area contributed by atoms with Gasteiger partial charge < -0.3 is 9.64 Å². The summed E-state index contributed by atoms with van der Waals surface area (Å²) in [5, 5.41) is 0. The highest BCUT2D eigenvalue weighted by molar-refractivity contribution is 5.83. The molecule has 0 spiro atoms. The van der Waals surface area contributed by atoms with E-state index in [1.807, 2.05) is 12.1 Å². The quantitative estimate of drug-likeness (QED) is 0.120. The number of ether oxygens (including phenoxy) is 1. The van der Waals surface area contributed by atoms with Crippen molar-refractivity contribution in [2.75, 3.05) is 4.90 Å². The molecular weight excluding hydrogens is 430 g/mol. The fraction of sp³-hybridized carbons (Fsp3) is 0.0938. The molecule has 0 fully saturated rings. The lowest BCUT2D eigenvalue weighted by atomic mass is 10.0. The Kier molecular flexibility index (Phi) is 7.27. The first-order valence-corrected chi connectivity index (χ1v) is 11.6. The number of benzene rings is 4. The highest BCUT2D eigenvalue weighted by atomic mass is 16.5. The highest BCUT2D eigenvalue weighted by Gasteiger charge is 2.13. The van der Waals surface area contributed by atoms with Crippen LogP contribution in [-0.4, -0.2) is 5.97 Å². The molecule has 0 N–H and O–H groups in total. The molecule has 0 aliphatic heterocycles. The summed E-state index contributed by atoms with van der Waals surface area (Å²) >= 11 is 0. The number of carbonyl (C=O) groups excluding carboxylic acids is 1. The summed E-state index contributed by atoms with van der Waals surface area (Å²) in [4.78, 5) is 13.6. The standard InChI is InChI=1S/C32H29NO2/c1-5-32(34)35-31-20-11-26(12-21-31)10-13-27-14-19-30(22-25(27)4)33(28-15-6-23(2)7-16-28)29-17-8-24(3)9-18-29/h5-22H,1H2,2-4H3. The van der Waals surface area contributed by atoms with Crippen molar-refractivity contribution in [3.05, 3.63) is 131 Å². The van der Waals surface area contributed by atoms with Crippen molar-refractivity contribution >= 4 is 35.2 Å². The summed E-state index contributed by atoms with van der Waals surface area (Å²) < 4.78 is 5.14. The van der Waals surface area contributed by atoms with Crippen LogP contribution in [0.5, 0.6) is 5.75 Å². The van der Waals surface area contributed by atoms with Crippen molar-refractivity contribution in [1.82, 2.24) is 0 Å². The van der Waals surface area contributed by atoms with E-state index in [9.17, 15) is 4.79 Å². The Morgan fingerprint density at radius 3 is 1.77 bits per heavy atom. The van der Waals surface area contributed by atoms with Gasteiger partial charge in [0.05, 0.1) is 0 Å². The number of rotatable bonds is 7. The van der Waals surface area contributed by atoms with Crippen molar-refractivity contribution in [2.45, 2.75) is 20.8 Å². The predicted octanol–water partition coefficient (Wildman–Crippen LogP) is 8.34. The van der Waals surface area contributed by atoms with Gasteiger partial charge in [0, 0.05) is 23.1 Å². The monoisotopic (exact) mass is 459 g/mol. The van der Waals surface area contributed by atoms with Gasteiger partial charge in [0.25, 0.3) is 0 Å². The number of carbonyl (C=O) groups is 1. The lowest BCUT2D eigenvalue weighted by Crippen LogP contribution is -2.10. The number of esters is 1. The Bertz CT molecular complexity index is 1300. The molecule has 4 aromatic rings. The SMILES string of the molecule is C=CC(=O)Oc1ccc(C=Cc2ccc(N(c3ccc(C)cc3)c3ccc(C)cc3)cc2C)cc1. The van der Waals surface area contributed by atoms with Gasteiger partial charge in [-0.2, -0.15) is 0 Å². The second kappa shape index (κ2) is 10.7. The first-order valence-electron chi connectivity index (χ1n) is 11.6. The summed E-state index contributed by atoms with van der Waals surface area (Å²) in [6, 6.07) is 31.1. The Morgan fingerprint density at radius 1 is 0.714 bits per heavy atom. The Hall–Kier alpha value is -4.37. The molecule has 3 heteroatoms. The maximum atomic E-state index is 11.3. The first kappa shape index (κ1) is 23.8. The molecule has 0 radical (unpaired) electrons. The zero-order valence-electron chi connectivity index (χ0n) is 20.4. The molecule has 0 unspecified atom stereocenters. The molecular formula is C32H29NO2. The average molecular weight is 460 g/mol. The van der Waals surface area contributed by atoms with E-state index >= 15 is 0 Å². The smallest absolute Gasteiger partial charge is 0.335 e. The number of nitrogens with zero attached hydrogens (tertiary/aromatic N) is 1. The molecule has 4 aromatic carbocycles. The van der Waals surface area contributed by atoms with Crippen LogP contribution in [0.4, 0.5) is 17.1 Å². The average Bonchev–Trinajstić information content (AvgIpc) is 2.87. The molecule has 3 nitrogen and oxygen atoms in total. The predicted molar refractivity (Wildman–Crippen MR) is 147 cm³/mol. The maximum Gasteiger partial charge on any atom is 0.335 e. The minimum atomic E-state index is -0.464. The minimum absolute atomic E-state index is 0.464. The maximum absolute atomic E-state index is 11.3. The van der Waals surface area contributed by atoms with Gasteiger partial charge in [-0.3, -0.25) is 0 Å². The normalized spacial score (nSPS) is 10.8. The largest absolute Gasteiger partial charge is 0.423 e. The van der Waals surface area contributed by atoms with Crippen LogP contribution >= 0.6 is 0 Å². The van der Waals surface area contributed by atoms with Gasteiger partial charge in [-0.15, -0.1) is 0 Å². The van der Waals surface area contributed by atoms with Crippen LogP contribution in [0.3, 0.4) is 0 Å². The molecule has 0 heterocycles. The van der Waals surface area contributed by atoms with E-state index in [-0.39, 0.29) is 0 Å². The van der Waals surface area contributed by atoms with E-state index in [2.05, 4.69) is 111 Å². The number of aryl methyl sites for hydroxylation is 3. The third-order valence-electron chi connectivity index (χ3n) is 5.82. The van der Waals surface area contributed by atoms with Crippen LogP contribution in [0.1, 0.15) is 27.8 Å². The zero-order chi connectivity index (χ0) is 24.8. The Balaban J connectivity index is 1.60. The van der Waals surface area contributed by atoms with E-state index in [1.54, 1.807) is 12.1 Å². The number of hydrogen-bond acceptors (Lipinski definition) is 3. The summed E-state index contributed by atoms with van der Waals surface area (Å²) in [5.41, 5.74) is 9.18. The Morgan fingerprint density at radius 2 is 1.26 bits per heavy atom. The van der Waals surface area contributed by atoms with E-state index in [0.29, 0.717) is 5.75 Å². The van der Waals surface area contributed by atoms with Crippen LogP contribution in [0.25, 0.3) is 12.2 Å². The van der Waals surface area contributed by atoms with Gasteiger partial charge in [-0.25, -0.2) is 4.79 Å². The van der Waals surface area contributed by atoms with Gasteiger partial charge in [-0.05, 0) is 86.0 Å². The van der Waals surface area contributed by atoms with Crippen LogP contribution in [-0.2, 0) is 4.79 Å². The molecule has 0 aliphatic carbocycles. The van der Waals surface area contributed by atoms with Crippen molar-refractivity contribution in [3.8, 4) is 5.75 Å². The number of hydrogen-bond donors (Lipinski definition) is 0. The second-order valence-electron chi connectivity index (χ2n) is 8.57. The second-order valence-corrected chi connectivity index (χ2v) is 8.57. The van der Waals surface area contributed by atoms with Crippen LogP contribution in [0.15, 0.2) is 104 Å². The van der Waals surface area contributed by atoms with Gasteiger partial charge in [0.1, 0.15) is 5.75 Å². The molecule has 0 aromatic heterocycles. The molecule has 4 rings (SSSR count). The topological polar surface area (TPSA) is 29.5 Å². The summed E-state index contributed by atoms with van der Waals surface area (Å²) in [5.74, 6) is 0.0363. The van der Waals surface area contributed by atoms with Gasteiger partial charge in [0.15, 0.2) is 0 Å². The van der Waals surface area contributed by atoms with Crippen molar-refractivity contribution < 1.29 is 9.53 Å². The first-order chi connectivity index (χ1) is 16.9. The highest BCUT2D eigenvalue weighted by Crippen LogP contribution is 2.35. The molecule has 0 amide bonds. The van der Waals surface area contributed by atoms with E-state index in [1.165, 1.54) is 16.7 Å². The fourth-order valence-corrected chi connectivity index (χ4v) is 3.81. The Labute approximate surface area is 207 Å². The number of anilines is 3. The summed E-state index contributed by atoms with van der Waals surface area (Å²) in [6.45, 7) is 9.75. The van der Waals surface area contributed by atoms with Gasteiger partial charge >= 0.3 is 5.97 Å². The third kappa shape index (κ3) is 5.96. The van der Waals surface area contributed by atoms with Crippen LogP contribution < -0.4 is 9.64 Å². The van der Waals surface area contributed by atoms with Gasteiger partial charge in [0.2, 0.25) is 0 Å². The molecule has 0 aliphatic rings. The van der Waals surface area contributed by atoms with E-state index in [0.717, 1.165) is 34.3 Å². The van der Waals surface area contributed by atoms with Crippen LogP contribution in [0, 0.1) is 20.8 Å². The van der Waals surface area contributed by atoms with Crippen molar-refractivity contribution in [2.24, 2.45) is 0 Å². The molecule has 0 bridgehead atoms. The lowest BCUT2D eigenvalue weighted by molar-refractivity contribution is -0.128. The summed E-state index contributed by atoms with van der Waals surface area (Å²) in [6.07, 6.45) is 5.31. The van der Waals surface area contributed by atoms with Crippen molar-refractivity contribution in [3.63, 3.8) is 0 Å².